The Morgan fingerprint density at radius 3 is 2.23 bits per heavy atom. The Kier molecular flexibility index (Phi) is 5.45. The molecule has 0 spiro atoms. The van der Waals surface area contributed by atoms with Gasteiger partial charge in [-0.2, -0.15) is 10.5 Å². The van der Waals surface area contributed by atoms with E-state index in [2.05, 4.69) is 12.1 Å². The van der Waals surface area contributed by atoms with Crippen molar-refractivity contribution in [2.75, 3.05) is 0 Å². The van der Waals surface area contributed by atoms with Gasteiger partial charge in [0.2, 0.25) is 0 Å². The Morgan fingerprint density at radius 1 is 0.846 bits per heavy atom. The standard InChI is InChI=1S/C23H16N2O/c24-15-18-10-12-20(13-11-18)22(16-25)14-21-8-4-5-9-23(21)26-17-19-6-2-1-3-7-19/h1-14H,17H2/b22-14-. The zero-order chi connectivity index (χ0) is 18.2. The van der Waals surface area contributed by atoms with Crippen LogP contribution in [0.1, 0.15) is 22.3 Å². The highest BCUT2D eigenvalue weighted by Gasteiger charge is 2.06. The lowest BCUT2D eigenvalue weighted by Crippen LogP contribution is -1.96. The van der Waals surface area contributed by atoms with Crippen LogP contribution in [0, 0.1) is 22.7 Å². The smallest absolute Gasteiger partial charge is 0.127 e. The first-order valence-corrected chi connectivity index (χ1v) is 8.18. The van der Waals surface area contributed by atoms with Gasteiger partial charge in [-0.15, -0.1) is 0 Å². The Hall–Kier alpha value is -3.82. The topological polar surface area (TPSA) is 56.8 Å². The highest BCUT2D eigenvalue weighted by atomic mass is 16.5. The maximum absolute atomic E-state index is 9.54. The Morgan fingerprint density at radius 2 is 1.54 bits per heavy atom. The lowest BCUT2D eigenvalue weighted by Gasteiger charge is -2.10. The van der Waals surface area contributed by atoms with E-state index in [0.29, 0.717) is 17.7 Å². The minimum atomic E-state index is 0.463. The molecule has 0 atom stereocenters. The molecule has 124 valence electrons. The van der Waals surface area contributed by atoms with Crippen molar-refractivity contribution in [1.82, 2.24) is 0 Å². The average molecular weight is 336 g/mol. The second-order valence-electron chi connectivity index (χ2n) is 5.67. The molecule has 0 bridgehead atoms. The number of rotatable bonds is 5. The molecule has 0 aliphatic carbocycles. The van der Waals surface area contributed by atoms with E-state index in [9.17, 15) is 5.26 Å². The van der Waals surface area contributed by atoms with Crippen LogP contribution < -0.4 is 4.74 Å². The molecule has 3 heteroatoms. The number of benzene rings is 3. The molecule has 0 aromatic heterocycles. The predicted molar refractivity (Wildman–Crippen MR) is 102 cm³/mol. The van der Waals surface area contributed by atoms with Gasteiger partial charge >= 0.3 is 0 Å². The summed E-state index contributed by atoms with van der Waals surface area (Å²) in [5.41, 5.74) is 3.77. The van der Waals surface area contributed by atoms with Gasteiger partial charge in [-0.3, -0.25) is 0 Å². The quantitative estimate of drug-likeness (QED) is 0.475. The van der Waals surface area contributed by atoms with Crippen molar-refractivity contribution in [2.24, 2.45) is 0 Å². The Balaban J connectivity index is 1.86. The van der Waals surface area contributed by atoms with E-state index in [0.717, 1.165) is 22.4 Å². The van der Waals surface area contributed by atoms with Crippen molar-refractivity contribution in [3.8, 4) is 17.9 Å². The van der Waals surface area contributed by atoms with Crippen molar-refractivity contribution in [3.05, 3.63) is 101 Å². The van der Waals surface area contributed by atoms with Crippen LogP contribution >= 0.6 is 0 Å². The SMILES string of the molecule is N#C/C(=C/c1ccccc1OCc1ccccc1)c1ccc(C#N)cc1. The number of hydrogen-bond acceptors (Lipinski definition) is 3. The Bertz CT molecular complexity index is 991. The first kappa shape index (κ1) is 17.0. The van der Waals surface area contributed by atoms with Crippen LogP contribution in [-0.2, 0) is 6.61 Å². The number of hydrogen-bond donors (Lipinski definition) is 0. The highest BCUT2D eigenvalue weighted by molar-refractivity contribution is 5.90. The van der Waals surface area contributed by atoms with Crippen LogP contribution in [-0.4, -0.2) is 0 Å². The van der Waals surface area contributed by atoms with Crippen molar-refractivity contribution >= 4 is 11.6 Å². The third-order valence-electron chi connectivity index (χ3n) is 3.90. The second kappa shape index (κ2) is 8.33. The maximum atomic E-state index is 9.54. The van der Waals surface area contributed by atoms with Crippen LogP contribution in [0.5, 0.6) is 5.75 Å². The van der Waals surface area contributed by atoms with Gasteiger partial charge in [-0.1, -0.05) is 60.7 Å². The van der Waals surface area contributed by atoms with Gasteiger partial charge in [-0.05, 0) is 35.4 Å². The van der Waals surface area contributed by atoms with Gasteiger partial charge in [0.25, 0.3) is 0 Å². The van der Waals surface area contributed by atoms with Crippen molar-refractivity contribution in [2.45, 2.75) is 6.61 Å². The summed E-state index contributed by atoms with van der Waals surface area (Å²) in [6.07, 6.45) is 1.81. The summed E-state index contributed by atoms with van der Waals surface area (Å²) in [5.74, 6) is 0.720. The maximum Gasteiger partial charge on any atom is 0.127 e. The van der Waals surface area contributed by atoms with Crippen molar-refractivity contribution in [3.63, 3.8) is 0 Å². The summed E-state index contributed by atoms with van der Waals surface area (Å²) in [6, 6.07) is 28.8. The fourth-order valence-electron chi connectivity index (χ4n) is 2.53. The summed E-state index contributed by atoms with van der Waals surface area (Å²) in [7, 11) is 0. The van der Waals surface area contributed by atoms with E-state index in [1.807, 2.05) is 60.7 Å². The number of nitriles is 2. The molecule has 3 rings (SSSR count). The fraction of sp³-hybridized carbons (Fsp3) is 0.0435. The number of nitrogens with zero attached hydrogens (tertiary/aromatic N) is 2. The number of allylic oxidation sites excluding steroid dienone is 1. The minimum absolute atomic E-state index is 0.463. The zero-order valence-corrected chi connectivity index (χ0v) is 14.1. The summed E-state index contributed by atoms with van der Waals surface area (Å²) in [4.78, 5) is 0. The van der Waals surface area contributed by atoms with Gasteiger partial charge in [0.05, 0.1) is 23.3 Å². The first-order chi connectivity index (χ1) is 12.8. The van der Waals surface area contributed by atoms with Crippen molar-refractivity contribution < 1.29 is 4.74 Å². The van der Waals surface area contributed by atoms with E-state index < -0.39 is 0 Å². The summed E-state index contributed by atoms with van der Waals surface area (Å²) >= 11 is 0. The molecule has 0 aliphatic rings. The minimum Gasteiger partial charge on any atom is -0.488 e. The molecule has 3 nitrogen and oxygen atoms in total. The second-order valence-corrected chi connectivity index (χ2v) is 5.67. The largest absolute Gasteiger partial charge is 0.488 e. The molecule has 3 aromatic rings. The van der Waals surface area contributed by atoms with E-state index in [-0.39, 0.29) is 0 Å². The van der Waals surface area contributed by atoms with E-state index >= 15 is 0 Å². The molecule has 0 amide bonds. The lowest BCUT2D eigenvalue weighted by atomic mass is 10.0. The van der Waals surface area contributed by atoms with Gasteiger partial charge in [-0.25, -0.2) is 0 Å². The third-order valence-corrected chi connectivity index (χ3v) is 3.90. The molecular weight excluding hydrogens is 320 g/mol. The molecule has 0 radical (unpaired) electrons. The lowest BCUT2D eigenvalue weighted by molar-refractivity contribution is 0.305. The molecule has 0 aliphatic heterocycles. The van der Waals surface area contributed by atoms with Gasteiger partial charge in [0.1, 0.15) is 12.4 Å². The summed E-state index contributed by atoms with van der Waals surface area (Å²) in [6.45, 7) is 0.463. The summed E-state index contributed by atoms with van der Waals surface area (Å²) in [5, 5.41) is 18.4. The fourth-order valence-corrected chi connectivity index (χ4v) is 2.53. The molecule has 26 heavy (non-hydrogen) atoms. The van der Waals surface area contributed by atoms with Crippen molar-refractivity contribution in [1.29, 1.82) is 10.5 Å². The zero-order valence-electron chi connectivity index (χ0n) is 14.1. The molecule has 0 fully saturated rings. The molecule has 0 unspecified atom stereocenters. The predicted octanol–water partition coefficient (Wildman–Crippen LogP) is 5.20. The highest BCUT2D eigenvalue weighted by Crippen LogP contribution is 2.25. The van der Waals surface area contributed by atoms with Crippen LogP contribution in [0.15, 0.2) is 78.9 Å². The Labute approximate surface area is 153 Å². The monoisotopic (exact) mass is 336 g/mol. The van der Waals surface area contributed by atoms with Crippen LogP contribution in [0.4, 0.5) is 0 Å². The van der Waals surface area contributed by atoms with Gasteiger partial charge < -0.3 is 4.74 Å². The van der Waals surface area contributed by atoms with Crippen LogP contribution in [0.25, 0.3) is 11.6 Å². The molecule has 0 saturated heterocycles. The van der Waals surface area contributed by atoms with Crippen LogP contribution in [0.2, 0.25) is 0 Å². The van der Waals surface area contributed by atoms with E-state index in [4.69, 9.17) is 10.00 Å². The van der Waals surface area contributed by atoms with Gasteiger partial charge in [0.15, 0.2) is 0 Å². The molecule has 0 N–H and O–H groups in total. The van der Waals surface area contributed by atoms with Crippen LogP contribution in [0.3, 0.4) is 0 Å². The molecule has 0 saturated carbocycles. The molecule has 3 aromatic carbocycles. The van der Waals surface area contributed by atoms with E-state index in [1.54, 1.807) is 24.3 Å². The third kappa shape index (κ3) is 4.17. The number of ether oxygens (including phenoxy) is 1. The molecular formula is C23H16N2O. The first-order valence-electron chi connectivity index (χ1n) is 8.18. The van der Waals surface area contributed by atoms with E-state index in [1.165, 1.54) is 0 Å². The normalized spacial score (nSPS) is 10.6. The van der Waals surface area contributed by atoms with Gasteiger partial charge in [0, 0.05) is 5.56 Å². The average Bonchev–Trinajstić information content (AvgIpc) is 2.72. The summed E-state index contributed by atoms with van der Waals surface area (Å²) < 4.78 is 5.94. The number of para-hydroxylation sites is 1. The molecule has 0 heterocycles.